The molecule has 0 saturated heterocycles. The maximum Gasteiger partial charge on any atom is 0.182 e. The number of thiol groups is 1. The lowest BCUT2D eigenvalue weighted by Gasteiger charge is -1.96. The summed E-state index contributed by atoms with van der Waals surface area (Å²) in [7, 11) is 0. The van der Waals surface area contributed by atoms with Gasteiger partial charge in [-0.15, -0.1) is 12.6 Å². The van der Waals surface area contributed by atoms with Crippen molar-refractivity contribution in [3.8, 4) is 0 Å². The fourth-order valence-corrected chi connectivity index (χ4v) is 2.57. The minimum atomic E-state index is 0.214. The summed E-state index contributed by atoms with van der Waals surface area (Å²) in [6.45, 7) is 0.801. The molecule has 0 bridgehead atoms. The van der Waals surface area contributed by atoms with E-state index in [4.69, 9.17) is 0 Å². The van der Waals surface area contributed by atoms with Gasteiger partial charge in [-0.3, -0.25) is 4.79 Å². The van der Waals surface area contributed by atoms with Crippen LogP contribution in [0.15, 0.2) is 29.2 Å². The van der Waals surface area contributed by atoms with Crippen molar-refractivity contribution in [2.75, 3.05) is 0 Å². The van der Waals surface area contributed by atoms with Crippen LogP contribution in [0.25, 0.3) is 10.9 Å². The highest BCUT2D eigenvalue weighted by Crippen LogP contribution is 2.33. The lowest BCUT2D eigenvalue weighted by Crippen LogP contribution is -1.93. The number of rotatable bonds is 0. The molecule has 1 aromatic heterocycles. The quantitative estimate of drug-likeness (QED) is 0.653. The first-order valence-electron chi connectivity index (χ1n) is 4.62. The summed E-state index contributed by atoms with van der Waals surface area (Å²) in [5.41, 5.74) is 1.91. The summed E-state index contributed by atoms with van der Waals surface area (Å²) < 4.78 is 2.07. The fourth-order valence-electron chi connectivity index (χ4n) is 2.13. The zero-order valence-corrected chi connectivity index (χ0v) is 8.42. The van der Waals surface area contributed by atoms with Gasteiger partial charge in [0.1, 0.15) is 0 Å². The number of carbonyl (C=O) groups is 1. The Morgan fingerprint density at radius 2 is 2.07 bits per heavy atom. The molecule has 2 nitrogen and oxygen atoms in total. The monoisotopic (exact) mass is 203 g/mol. The zero-order valence-electron chi connectivity index (χ0n) is 7.53. The number of aryl methyl sites for hydroxylation is 1. The van der Waals surface area contributed by atoms with E-state index >= 15 is 0 Å². The number of hydrogen-bond donors (Lipinski definition) is 1. The third-order valence-electron chi connectivity index (χ3n) is 2.77. The molecule has 14 heavy (non-hydrogen) atoms. The Labute approximate surface area is 86.9 Å². The van der Waals surface area contributed by atoms with E-state index in [9.17, 15) is 4.79 Å². The smallest absolute Gasteiger partial charge is 0.182 e. The largest absolute Gasteiger partial charge is 0.337 e. The SMILES string of the molecule is O=C1CCn2c1c(S)c1ccccc12. The molecule has 70 valence electrons. The topological polar surface area (TPSA) is 22.0 Å². The van der Waals surface area contributed by atoms with E-state index in [1.807, 2.05) is 24.3 Å². The van der Waals surface area contributed by atoms with Gasteiger partial charge in [-0.2, -0.15) is 0 Å². The summed E-state index contributed by atoms with van der Waals surface area (Å²) in [5, 5.41) is 1.08. The first kappa shape index (κ1) is 8.12. The van der Waals surface area contributed by atoms with Gasteiger partial charge in [0, 0.05) is 28.8 Å². The third-order valence-corrected chi connectivity index (χ3v) is 3.22. The summed E-state index contributed by atoms with van der Waals surface area (Å²) in [6, 6.07) is 8.02. The van der Waals surface area contributed by atoms with Crippen LogP contribution in [0.2, 0.25) is 0 Å². The second-order valence-corrected chi connectivity index (χ2v) is 3.99. The van der Waals surface area contributed by atoms with Crippen molar-refractivity contribution in [3.05, 3.63) is 30.0 Å². The number of para-hydroxylation sites is 1. The molecule has 0 amide bonds. The Bertz CT molecular complexity index is 541. The van der Waals surface area contributed by atoms with Crippen LogP contribution in [0, 0.1) is 0 Å². The predicted molar refractivity (Wildman–Crippen MR) is 58.1 cm³/mol. The van der Waals surface area contributed by atoms with Crippen LogP contribution in [-0.2, 0) is 6.54 Å². The predicted octanol–water partition coefficient (Wildman–Crippen LogP) is 2.52. The number of aromatic nitrogens is 1. The molecule has 0 saturated carbocycles. The number of ketones is 1. The Morgan fingerprint density at radius 1 is 1.29 bits per heavy atom. The molecule has 1 aliphatic rings. The standard InChI is InChI=1S/C11H9NOS/c13-9-5-6-12-8-4-2-1-3-7(8)11(14)10(9)12/h1-4,14H,5-6H2. The molecule has 2 heterocycles. The molecule has 2 aromatic rings. The van der Waals surface area contributed by atoms with Crippen LogP contribution in [0.1, 0.15) is 16.9 Å². The van der Waals surface area contributed by atoms with E-state index in [0.29, 0.717) is 6.42 Å². The van der Waals surface area contributed by atoms with Gasteiger partial charge < -0.3 is 4.57 Å². The van der Waals surface area contributed by atoms with Gasteiger partial charge in [-0.05, 0) is 6.07 Å². The summed E-state index contributed by atoms with van der Waals surface area (Å²) in [5.74, 6) is 0.214. The van der Waals surface area contributed by atoms with Crippen molar-refractivity contribution in [1.82, 2.24) is 4.57 Å². The van der Waals surface area contributed by atoms with Crippen LogP contribution >= 0.6 is 12.6 Å². The summed E-state index contributed by atoms with van der Waals surface area (Å²) >= 11 is 4.42. The van der Waals surface area contributed by atoms with Crippen molar-refractivity contribution in [3.63, 3.8) is 0 Å². The molecule has 0 aliphatic carbocycles. The van der Waals surface area contributed by atoms with Crippen LogP contribution in [-0.4, -0.2) is 10.4 Å². The molecule has 0 N–H and O–H groups in total. The molecular formula is C11H9NOS. The number of hydrogen-bond acceptors (Lipinski definition) is 2. The van der Waals surface area contributed by atoms with E-state index < -0.39 is 0 Å². The highest BCUT2D eigenvalue weighted by atomic mass is 32.1. The molecule has 3 rings (SSSR count). The molecular weight excluding hydrogens is 194 g/mol. The van der Waals surface area contributed by atoms with Gasteiger partial charge in [0.15, 0.2) is 5.78 Å². The van der Waals surface area contributed by atoms with E-state index in [1.165, 1.54) is 0 Å². The van der Waals surface area contributed by atoms with Crippen LogP contribution < -0.4 is 0 Å². The van der Waals surface area contributed by atoms with Crippen molar-refractivity contribution in [1.29, 1.82) is 0 Å². The van der Waals surface area contributed by atoms with Crippen molar-refractivity contribution in [2.45, 2.75) is 17.9 Å². The van der Waals surface area contributed by atoms with E-state index in [-0.39, 0.29) is 5.78 Å². The van der Waals surface area contributed by atoms with Gasteiger partial charge >= 0.3 is 0 Å². The molecule has 0 atom stereocenters. The highest BCUT2D eigenvalue weighted by Gasteiger charge is 2.25. The molecule has 3 heteroatoms. The number of fused-ring (bicyclic) bond motifs is 3. The average Bonchev–Trinajstić information content (AvgIpc) is 2.70. The number of Topliss-reactive ketones (excluding diaryl/α,β-unsaturated/α-hetero) is 1. The maximum atomic E-state index is 11.6. The zero-order chi connectivity index (χ0) is 9.71. The van der Waals surface area contributed by atoms with Gasteiger partial charge in [-0.25, -0.2) is 0 Å². The molecule has 1 aromatic carbocycles. The fraction of sp³-hybridized carbons (Fsp3) is 0.182. The molecule has 1 aliphatic heterocycles. The van der Waals surface area contributed by atoms with Gasteiger partial charge in [0.25, 0.3) is 0 Å². The minimum Gasteiger partial charge on any atom is -0.337 e. The van der Waals surface area contributed by atoms with E-state index in [2.05, 4.69) is 17.2 Å². The lowest BCUT2D eigenvalue weighted by atomic mass is 10.2. The number of benzene rings is 1. The minimum absolute atomic E-state index is 0.214. The van der Waals surface area contributed by atoms with Gasteiger partial charge in [0.05, 0.1) is 5.69 Å². The van der Waals surface area contributed by atoms with Crippen molar-refractivity contribution in [2.24, 2.45) is 0 Å². The van der Waals surface area contributed by atoms with Crippen LogP contribution in [0.4, 0.5) is 0 Å². The molecule has 0 radical (unpaired) electrons. The first-order chi connectivity index (χ1) is 6.79. The second-order valence-electron chi connectivity index (χ2n) is 3.54. The maximum absolute atomic E-state index is 11.6. The Kier molecular flexibility index (Phi) is 1.53. The molecule has 0 spiro atoms. The first-order valence-corrected chi connectivity index (χ1v) is 5.07. The molecule has 0 fully saturated rings. The van der Waals surface area contributed by atoms with E-state index in [1.54, 1.807) is 0 Å². The van der Waals surface area contributed by atoms with Crippen molar-refractivity contribution < 1.29 is 4.79 Å². The van der Waals surface area contributed by atoms with E-state index in [0.717, 1.165) is 28.0 Å². The summed E-state index contributed by atoms with van der Waals surface area (Å²) in [6.07, 6.45) is 0.619. The highest BCUT2D eigenvalue weighted by molar-refractivity contribution is 7.80. The van der Waals surface area contributed by atoms with Crippen LogP contribution in [0.5, 0.6) is 0 Å². The van der Waals surface area contributed by atoms with Gasteiger partial charge in [-0.1, -0.05) is 18.2 Å². The third kappa shape index (κ3) is 0.852. The summed E-state index contributed by atoms with van der Waals surface area (Å²) in [4.78, 5) is 12.4. The molecule has 0 unspecified atom stereocenters. The van der Waals surface area contributed by atoms with Crippen LogP contribution in [0.3, 0.4) is 0 Å². The lowest BCUT2D eigenvalue weighted by molar-refractivity contribution is 0.0992. The number of nitrogens with zero attached hydrogens (tertiary/aromatic N) is 1. The second kappa shape index (κ2) is 2.64. The number of carbonyl (C=O) groups excluding carboxylic acids is 1. The Morgan fingerprint density at radius 3 is 2.93 bits per heavy atom. The normalized spacial score (nSPS) is 15.1. The Hall–Kier alpha value is -1.22. The van der Waals surface area contributed by atoms with Gasteiger partial charge in [0.2, 0.25) is 0 Å². The average molecular weight is 203 g/mol. The van der Waals surface area contributed by atoms with Crippen molar-refractivity contribution >= 4 is 29.3 Å². The Balaban J connectivity index is 2.51.